The largest absolute Gasteiger partial charge is 0.416 e. The second kappa shape index (κ2) is 7.86. The third-order valence-corrected chi connectivity index (χ3v) is 3.37. The first kappa shape index (κ1) is 19.2. The van der Waals surface area contributed by atoms with E-state index in [0.717, 1.165) is 18.2 Å². The normalized spacial score (nSPS) is 11.4. The first-order valence-electron chi connectivity index (χ1n) is 7.56. The summed E-state index contributed by atoms with van der Waals surface area (Å²) in [6.07, 6.45) is -2.95. The smallest absolute Gasteiger partial charge is 0.410 e. The van der Waals surface area contributed by atoms with Gasteiger partial charge in [-0.3, -0.25) is 4.79 Å². The third kappa shape index (κ3) is 4.95. The van der Waals surface area contributed by atoms with Crippen LogP contribution in [-0.2, 0) is 6.18 Å². The molecule has 0 heterocycles. The lowest BCUT2D eigenvalue weighted by Crippen LogP contribution is -2.25. The topological polar surface area (TPSA) is 46.6 Å². The van der Waals surface area contributed by atoms with Gasteiger partial charge in [-0.25, -0.2) is 4.79 Å². The van der Waals surface area contributed by atoms with Gasteiger partial charge in [-0.05, 0) is 29.8 Å². The Balaban J connectivity index is 2.21. The maximum Gasteiger partial charge on any atom is 0.416 e. The van der Waals surface area contributed by atoms with E-state index in [4.69, 9.17) is 4.74 Å². The molecule has 4 nitrogen and oxygen atoms in total. The van der Waals surface area contributed by atoms with Crippen LogP contribution in [0.4, 0.5) is 18.0 Å². The minimum absolute atomic E-state index is 0.108. The van der Waals surface area contributed by atoms with Crippen molar-refractivity contribution in [2.45, 2.75) is 6.18 Å². The van der Waals surface area contributed by atoms with Gasteiger partial charge in [0.1, 0.15) is 5.75 Å². The first-order chi connectivity index (χ1) is 12.2. The molecule has 0 aromatic heterocycles. The second-order valence-corrected chi connectivity index (χ2v) is 5.57. The molecule has 0 saturated carbocycles. The Kier molecular flexibility index (Phi) is 5.82. The van der Waals surface area contributed by atoms with E-state index >= 15 is 0 Å². The SMILES string of the molecule is CN(C)C(=O)Oc1cccc(C(=O)C=Cc2ccccc2C(F)(F)F)c1. The van der Waals surface area contributed by atoms with Crippen molar-refractivity contribution < 1.29 is 27.5 Å². The summed E-state index contributed by atoms with van der Waals surface area (Å²) in [7, 11) is 3.02. The molecule has 0 aliphatic heterocycles. The second-order valence-electron chi connectivity index (χ2n) is 5.57. The number of alkyl halides is 3. The van der Waals surface area contributed by atoms with E-state index in [1.165, 1.54) is 61.5 Å². The van der Waals surface area contributed by atoms with Crippen molar-refractivity contribution >= 4 is 18.0 Å². The van der Waals surface area contributed by atoms with Crippen LogP contribution < -0.4 is 4.74 Å². The lowest BCUT2D eigenvalue weighted by molar-refractivity contribution is -0.137. The zero-order chi connectivity index (χ0) is 19.3. The van der Waals surface area contributed by atoms with Crippen LogP contribution in [0.15, 0.2) is 54.6 Å². The van der Waals surface area contributed by atoms with Crippen LogP contribution in [0.2, 0.25) is 0 Å². The molecule has 26 heavy (non-hydrogen) atoms. The highest BCUT2D eigenvalue weighted by atomic mass is 19.4. The average Bonchev–Trinajstić information content (AvgIpc) is 2.59. The number of benzene rings is 2. The molecular weight excluding hydrogens is 347 g/mol. The molecule has 2 rings (SSSR count). The fourth-order valence-electron chi connectivity index (χ4n) is 2.07. The lowest BCUT2D eigenvalue weighted by Gasteiger charge is -2.11. The number of ether oxygens (including phenoxy) is 1. The molecule has 0 aliphatic carbocycles. The molecule has 0 radical (unpaired) electrons. The Morgan fingerprint density at radius 1 is 1.04 bits per heavy atom. The van der Waals surface area contributed by atoms with E-state index in [1.807, 2.05) is 0 Å². The van der Waals surface area contributed by atoms with E-state index in [9.17, 15) is 22.8 Å². The number of carbonyl (C=O) groups excluding carboxylic acids is 2. The Morgan fingerprint density at radius 3 is 2.38 bits per heavy atom. The molecule has 1 amide bonds. The van der Waals surface area contributed by atoms with Gasteiger partial charge in [-0.1, -0.05) is 36.4 Å². The number of amides is 1. The van der Waals surface area contributed by atoms with Gasteiger partial charge >= 0.3 is 12.3 Å². The van der Waals surface area contributed by atoms with Crippen LogP contribution in [0.25, 0.3) is 6.08 Å². The fraction of sp³-hybridized carbons (Fsp3) is 0.158. The van der Waals surface area contributed by atoms with Crippen molar-refractivity contribution in [3.8, 4) is 5.75 Å². The van der Waals surface area contributed by atoms with Crippen molar-refractivity contribution in [1.82, 2.24) is 4.90 Å². The fourth-order valence-corrected chi connectivity index (χ4v) is 2.07. The third-order valence-electron chi connectivity index (χ3n) is 3.37. The Bertz CT molecular complexity index is 842. The van der Waals surface area contributed by atoms with E-state index in [-0.39, 0.29) is 16.9 Å². The Labute approximate surface area is 148 Å². The highest BCUT2D eigenvalue weighted by Crippen LogP contribution is 2.32. The molecule has 7 heteroatoms. The zero-order valence-electron chi connectivity index (χ0n) is 14.1. The minimum atomic E-state index is -4.51. The van der Waals surface area contributed by atoms with E-state index < -0.39 is 23.6 Å². The number of hydrogen-bond donors (Lipinski definition) is 0. The number of halogens is 3. The summed E-state index contributed by atoms with van der Waals surface area (Å²) in [5.41, 5.74) is -0.740. The maximum absolute atomic E-state index is 13.0. The predicted octanol–water partition coefficient (Wildman–Crippen LogP) is 4.66. The molecule has 0 bridgehead atoms. The predicted molar refractivity (Wildman–Crippen MR) is 91.0 cm³/mol. The Hall–Kier alpha value is -3.09. The number of carbonyl (C=O) groups is 2. The maximum atomic E-state index is 13.0. The van der Waals surface area contributed by atoms with Gasteiger partial charge in [0.15, 0.2) is 5.78 Å². The van der Waals surface area contributed by atoms with E-state index in [0.29, 0.717) is 0 Å². The molecule has 0 fully saturated rings. The van der Waals surface area contributed by atoms with Crippen LogP contribution in [0.5, 0.6) is 5.75 Å². The molecule has 0 unspecified atom stereocenters. The van der Waals surface area contributed by atoms with Crippen molar-refractivity contribution in [1.29, 1.82) is 0 Å². The van der Waals surface area contributed by atoms with Gasteiger partial charge in [0.05, 0.1) is 5.56 Å². The number of allylic oxidation sites excluding steroid dienone is 1. The van der Waals surface area contributed by atoms with E-state index in [2.05, 4.69) is 0 Å². The quantitative estimate of drug-likeness (QED) is 0.586. The van der Waals surface area contributed by atoms with Crippen LogP contribution in [0.1, 0.15) is 21.5 Å². The molecule has 0 saturated heterocycles. The first-order valence-corrected chi connectivity index (χ1v) is 7.56. The summed E-state index contributed by atoms with van der Waals surface area (Å²) in [6, 6.07) is 10.8. The summed E-state index contributed by atoms with van der Waals surface area (Å²) < 4.78 is 43.9. The average molecular weight is 363 g/mol. The molecule has 0 atom stereocenters. The highest BCUT2D eigenvalue weighted by Gasteiger charge is 2.32. The zero-order valence-corrected chi connectivity index (χ0v) is 14.1. The van der Waals surface area contributed by atoms with Crippen molar-refractivity contribution in [3.05, 3.63) is 71.3 Å². The van der Waals surface area contributed by atoms with E-state index in [1.54, 1.807) is 0 Å². The molecular formula is C19H16F3NO3. The van der Waals surface area contributed by atoms with Crippen molar-refractivity contribution in [2.75, 3.05) is 14.1 Å². The molecule has 2 aromatic carbocycles. The lowest BCUT2D eigenvalue weighted by atomic mass is 10.0. The monoisotopic (exact) mass is 363 g/mol. The summed E-state index contributed by atoms with van der Waals surface area (Å²) >= 11 is 0. The van der Waals surface area contributed by atoms with Gasteiger partial charge in [0.2, 0.25) is 0 Å². The number of ketones is 1. The van der Waals surface area contributed by atoms with Crippen LogP contribution >= 0.6 is 0 Å². The van der Waals surface area contributed by atoms with Crippen LogP contribution in [0, 0.1) is 0 Å². The molecule has 136 valence electrons. The molecule has 2 aromatic rings. The minimum Gasteiger partial charge on any atom is -0.410 e. The van der Waals surface area contributed by atoms with Gasteiger partial charge in [-0.2, -0.15) is 13.2 Å². The summed E-state index contributed by atoms with van der Waals surface area (Å²) in [6.45, 7) is 0. The number of rotatable bonds is 4. The molecule has 0 aliphatic rings. The van der Waals surface area contributed by atoms with Gasteiger partial charge in [-0.15, -0.1) is 0 Å². The highest BCUT2D eigenvalue weighted by molar-refractivity contribution is 6.07. The van der Waals surface area contributed by atoms with Crippen molar-refractivity contribution in [3.63, 3.8) is 0 Å². The molecule has 0 spiro atoms. The van der Waals surface area contributed by atoms with Crippen LogP contribution in [0.3, 0.4) is 0 Å². The Morgan fingerprint density at radius 2 is 1.73 bits per heavy atom. The number of hydrogen-bond acceptors (Lipinski definition) is 3. The summed E-state index contributed by atoms with van der Waals surface area (Å²) in [5.74, 6) is -0.344. The van der Waals surface area contributed by atoms with Gasteiger partial charge in [0, 0.05) is 19.7 Å². The van der Waals surface area contributed by atoms with Crippen LogP contribution in [-0.4, -0.2) is 30.9 Å². The standard InChI is InChI=1S/C19H16F3NO3/c1-23(2)18(25)26-15-8-5-7-14(12-15)17(24)11-10-13-6-3-4-9-16(13)19(20,21)22/h3-12H,1-2H3. The van der Waals surface area contributed by atoms with Crippen molar-refractivity contribution in [2.24, 2.45) is 0 Å². The number of nitrogens with zero attached hydrogens (tertiary/aromatic N) is 1. The summed E-state index contributed by atoms with van der Waals surface area (Å²) in [4.78, 5) is 25.0. The molecule has 0 N–H and O–H groups in total. The van der Waals surface area contributed by atoms with Gasteiger partial charge in [0.25, 0.3) is 0 Å². The summed E-state index contributed by atoms with van der Waals surface area (Å²) in [5, 5.41) is 0. The van der Waals surface area contributed by atoms with Gasteiger partial charge < -0.3 is 9.64 Å².